The van der Waals surface area contributed by atoms with E-state index in [1.54, 1.807) is 22.8 Å². The molecule has 3 rings (SSSR count). The summed E-state index contributed by atoms with van der Waals surface area (Å²) in [5.41, 5.74) is 0.518. The average Bonchev–Trinajstić information content (AvgIpc) is 3.15. The lowest BCUT2D eigenvalue weighted by Crippen LogP contribution is -2.34. The first kappa shape index (κ1) is 20.2. The van der Waals surface area contributed by atoms with E-state index < -0.39 is 0 Å². The van der Waals surface area contributed by atoms with Crippen molar-refractivity contribution in [3.8, 4) is 0 Å². The Balaban J connectivity index is 1.80. The number of halogens is 1. The standard InChI is InChI=1S/C20H26ClN3O2S/c1-2-3-6-11-24-19(26)16-10-9-14(21)12-17(16)23-20(24)27-13-18(25)22-15-7-4-5-8-15/h9-10,12,15H,2-8,11,13H2,1H3,(H,22,25). The zero-order valence-electron chi connectivity index (χ0n) is 15.7. The van der Waals surface area contributed by atoms with E-state index in [0.29, 0.717) is 33.7 Å². The third-order valence-corrected chi connectivity index (χ3v) is 6.13. The van der Waals surface area contributed by atoms with Gasteiger partial charge in [0.05, 0.1) is 16.7 Å². The Hall–Kier alpha value is -1.53. The molecule has 2 aromatic rings. The largest absolute Gasteiger partial charge is 0.353 e. The molecular formula is C20H26ClN3O2S. The van der Waals surface area contributed by atoms with E-state index in [9.17, 15) is 9.59 Å². The molecule has 1 N–H and O–H groups in total. The average molecular weight is 408 g/mol. The number of hydrogen-bond acceptors (Lipinski definition) is 4. The van der Waals surface area contributed by atoms with Crippen molar-refractivity contribution < 1.29 is 4.79 Å². The van der Waals surface area contributed by atoms with Gasteiger partial charge >= 0.3 is 0 Å². The summed E-state index contributed by atoms with van der Waals surface area (Å²) >= 11 is 7.40. The van der Waals surface area contributed by atoms with Crippen LogP contribution < -0.4 is 10.9 Å². The van der Waals surface area contributed by atoms with Crippen LogP contribution in [0.4, 0.5) is 0 Å². The fourth-order valence-corrected chi connectivity index (χ4v) is 4.47. The molecule has 0 spiro atoms. The molecule has 1 heterocycles. The molecule has 0 unspecified atom stereocenters. The third-order valence-electron chi connectivity index (χ3n) is 4.92. The number of thioether (sulfide) groups is 1. The lowest BCUT2D eigenvalue weighted by Gasteiger charge is -2.14. The Morgan fingerprint density at radius 2 is 2.11 bits per heavy atom. The molecule has 5 nitrogen and oxygen atoms in total. The van der Waals surface area contributed by atoms with Crippen LogP contribution in [-0.2, 0) is 11.3 Å². The molecule has 0 bridgehead atoms. The van der Waals surface area contributed by atoms with Crippen LogP contribution in [0.2, 0.25) is 5.02 Å². The lowest BCUT2D eigenvalue weighted by atomic mass is 10.2. The number of nitrogens with zero attached hydrogens (tertiary/aromatic N) is 2. The summed E-state index contributed by atoms with van der Waals surface area (Å²) in [5.74, 6) is 0.274. The Morgan fingerprint density at radius 3 is 2.85 bits per heavy atom. The Labute approximate surface area is 168 Å². The minimum Gasteiger partial charge on any atom is -0.353 e. The predicted molar refractivity (Wildman–Crippen MR) is 112 cm³/mol. The van der Waals surface area contributed by atoms with Gasteiger partial charge in [-0.2, -0.15) is 0 Å². The fraction of sp³-hybridized carbons (Fsp3) is 0.550. The first-order valence-electron chi connectivity index (χ1n) is 9.70. The topological polar surface area (TPSA) is 64.0 Å². The minimum absolute atomic E-state index is 0.00690. The van der Waals surface area contributed by atoms with Gasteiger partial charge in [0.1, 0.15) is 0 Å². The van der Waals surface area contributed by atoms with Crippen molar-refractivity contribution in [2.24, 2.45) is 0 Å². The van der Waals surface area contributed by atoms with E-state index in [1.165, 1.54) is 24.6 Å². The zero-order chi connectivity index (χ0) is 19.2. The van der Waals surface area contributed by atoms with Crippen molar-refractivity contribution >= 4 is 40.2 Å². The molecule has 0 atom stereocenters. The van der Waals surface area contributed by atoms with Crippen LogP contribution in [0, 0.1) is 0 Å². The third kappa shape index (κ3) is 5.26. The Morgan fingerprint density at radius 1 is 1.33 bits per heavy atom. The predicted octanol–water partition coefficient (Wildman–Crippen LogP) is 4.39. The Kier molecular flexibility index (Phi) is 7.19. The van der Waals surface area contributed by atoms with E-state index in [0.717, 1.165) is 32.1 Å². The van der Waals surface area contributed by atoms with Crippen molar-refractivity contribution in [1.29, 1.82) is 0 Å². The van der Waals surface area contributed by atoms with Gasteiger partial charge in [-0.15, -0.1) is 0 Å². The second-order valence-electron chi connectivity index (χ2n) is 7.06. The fourth-order valence-electron chi connectivity index (χ4n) is 3.47. The lowest BCUT2D eigenvalue weighted by molar-refractivity contribution is -0.119. The maximum absolute atomic E-state index is 12.9. The minimum atomic E-state index is -0.0635. The summed E-state index contributed by atoms with van der Waals surface area (Å²) in [6.45, 7) is 2.75. The number of carbonyl (C=O) groups is 1. The van der Waals surface area contributed by atoms with E-state index in [4.69, 9.17) is 11.6 Å². The maximum atomic E-state index is 12.9. The molecule has 27 heavy (non-hydrogen) atoms. The number of hydrogen-bond donors (Lipinski definition) is 1. The van der Waals surface area contributed by atoms with E-state index in [-0.39, 0.29) is 17.2 Å². The monoisotopic (exact) mass is 407 g/mol. The number of rotatable bonds is 8. The van der Waals surface area contributed by atoms with Gasteiger partial charge in [-0.25, -0.2) is 4.98 Å². The van der Waals surface area contributed by atoms with Gasteiger partial charge in [0, 0.05) is 17.6 Å². The second-order valence-corrected chi connectivity index (χ2v) is 8.44. The highest BCUT2D eigenvalue weighted by molar-refractivity contribution is 7.99. The van der Waals surface area contributed by atoms with Gasteiger partial charge < -0.3 is 5.32 Å². The molecule has 146 valence electrons. The molecule has 1 fully saturated rings. The number of nitrogens with one attached hydrogen (secondary N) is 1. The van der Waals surface area contributed by atoms with Gasteiger partial charge in [0.25, 0.3) is 5.56 Å². The van der Waals surface area contributed by atoms with Crippen LogP contribution in [-0.4, -0.2) is 27.3 Å². The highest BCUT2D eigenvalue weighted by Gasteiger charge is 2.18. The smallest absolute Gasteiger partial charge is 0.262 e. The second kappa shape index (κ2) is 9.60. The van der Waals surface area contributed by atoms with E-state index in [1.807, 2.05) is 0 Å². The number of unbranched alkanes of at least 4 members (excludes halogenated alkanes) is 2. The molecule has 0 saturated heterocycles. The summed E-state index contributed by atoms with van der Waals surface area (Å²) in [6, 6.07) is 5.45. The highest BCUT2D eigenvalue weighted by atomic mass is 35.5. The van der Waals surface area contributed by atoms with Gasteiger partial charge in [-0.1, -0.05) is 56.0 Å². The van der Waals surface area contributed by atoms with Crippen LogP contribution in [0.3, 0.4) is 0 Å². The van der Waals surface area contributed by atoms with Crippen LogP contribution in [0.5, 0.6) is 0 Å². The molecule has 1 aliphatic carbocycles. The van der Waals surface area contributed by atoms with Crippen molar-refractivity contribution in [3.63, 3.8) is 0 Å². The summed E-state index contributed by atoms with van der Waals surface area (Å²) < 4.78 is 1.71. The molecule has 0 aliphatic heterocycles. The van der Waals surface area contributed by atoms with E-state index >= 15 is 0 Å². The molecule has 1 aromatic heterocycles. The van der Waals surface area contributed by atoms with Gasteiger partial charge in [0.15, 0.2) is 5.16 Å². The van der Waals surface area contributed by atoms with Crippen LogP contribution in [0.25, 0.3) is 10.9 Å². The first-order valence-corrected chi connectivity index (χ1v) is 11.1. The summed E-state index contributed by atoms with van der Waals surface area (Å²) in [6.07, 6.45) is 7.54. The van der Waals surface area contributed by atoms with Crippen molar-refractivity contribution in [2.75, 3.05) is 5.75 Å². The highest BCUT2D eigenvalue weighted by Crippen LogP contribution is 2.22. The summed E-state index contributed by atoms with van der Waals surface area (Å²) in [7, 11) is 0. The number of amides is 1. The summed E-state index contributed by atoms with van der Waals surface area (Å²) in [4.78, 5) is 29.9. The van der Waals surface area contributed by atoms with Crippen molar-refractivity contribution in [1.82, 2.24) is 14.9 Å². The molecule has 1 aliphatic rings. The molecule has 1 amide bonds. The first-order chi connectivity index (χ1) is 13.1. The van der Waals surface area contributed by atoms with Gasteiger partial charge in [0.2, 0.25) is 5.91 Å². The maximum Gasteiger partial charge on any atom is 0.262 e. The van der Waals surface area contributed by atoms with Crippen LogP contribution in [0.15, 0.2) is 28.2 Å². The molecule has 0 radical (unpaired) electrons. The number of carbonyl (C=O) groups excluding carboxylic acids is 1. The van der Waals surface area contributed by atoms with Crippen molar-refractivity contribution in [3.05, 3.63) is 33.6 Å². The van der Waals surface area contributed by atoms with Gasteiger partial charge in [-0.3, -0.25) is 14.2 Å². The van der Waals surface area contributed by atoms with E-state index in [2.05, 4.69) is 17.2 Å². The zero-order valence-corrected chi connectivity index (χ0v) is 17.2. The summed E-state index contributed by atoms with van der Waals surface area (Å²) in [5, 5.41) is 4.79. The van der Waals surface area contributed by atoms with Crippen LogP contribution >= 0.6 is 23.4 Å². The molecule has 1 saturated carbocycles. The molecule has 7 heteroatoms. The number of benzene rings is 1. The van der Waals surface area contributed by atoms with Gasteiger partial charge in [-0.05, 0) is 37.5 Å². The number of aromatic nitrogens is 2. The SMILES string of the molecule is CCCCCn1c(SCC(=O)NC2CCCC2)nc2cc(Cl)ccc2c1=O. The molecule has 1 aromatic carbocycles. The quantitative estimate of drug-likeness (QED) is 0.400. The van der Waals surface area contributed by atoms with Crippen LogP contribution in [0.1, 0.15) is 51.9 Å². The molecular weight excluding hydrogens is 382 g/mol. The normalized spacial score (nSPS) is 14.7. The Bertz CT molecular complexity index is 862. The van der Waals surface area contributed by atoms with Crippen molar-refractivity contribution in [2.45, 2.75) is 69.6 Å². The number of fused-ring (bicyclic) bond motifs is 1.